The number of hydrogen-bond donors (Lipinski definition) is 4. The maximum atomic E-state index is 12.3. The summed E-state index contributed by atoms with van der Waals surface area (Å²) in [4.78, 5) is 45.9. The van der Waals surface area contributed by atoms with Gasteiger partial charge in [-0.1, -0.05) is 48.5 Å². The van der Waals surface area contributed by atoms with Crippen LogP contribution in [0.5, 0.6) is 0 Å². The number of nitrogens with one attached hydrogen (secondary N) is 3. The monoisotopic (exact) mass is 439 g/mol. The van der Waals surface area contributed by atoms with Crippen LogP contribution in [-0.4, -0.2) is 48.3 Å². The molecule has 9 nitrogen and oxygen atoms in total. The van der Waals surface area contributed by atoms with Gasteiger partial charge in [-0.15, -0.1) is 0 Å². The number of rotatable bonds is 8. The molecule has 0 radical (unpaired) electrons. The van der Waals surface area contributed by atoms with Crippen LogP contribution in [0.15, 0.2) is 48.5 Å². The fourth-order valence-corrected chi connectivity index (χ4v) is 3.75. The van der Waals surface area contributed by atoms with Crippen LogP contribution in [0.3, 0.4) is 0 Å². The molecule has 1 aliphatic carbocycles. The Bertz CT molecular complexity index is 977. The van der Waals surface area contributed by atoms with Crippen LogP contribution in [0.4, 0.5) is 9.59 Å². The summed E-state index contributed by atoms with van der Waals surface area (Å²) in [6.07, 6.45) is -0.451. The van der Waals surface area contributed by atoms with Crippen LogP contribution < -0.4 is 16.0 Å². The van der Waals surface area contributed by atoms with E-state index in [1.165, 1.54) is 6.92 Å². The van der Waals surface area contributed by atoms with Crippen molar-refractivity contribution >= 4 is 24.0 Å². The van der Waals surface area contributed by atoms with E-state index in [1.54, 1.807) is 0 Å². The minimum absolute atomic E-state index is 0.0823. The summed E-state index contributed by atoms with van der Waals surface area (Å²) in [5, 5.41) is 16.2. The fourth-order valence-electron chi connectivity index (χ4n) is 3.75. The molecule has 2 aromatic rings. The van der Waals surface area contributed by atoms with E-state index in [0.29, 0.717) is 0 Å². The fraction of sp³-hybridized carbons (Fsp3) is 0.304. The Hall–Kier alpha value is -3.88. The summed E-state index contributed by atoms with van der Waals surface area (Å²) in [5.41, 5.74) is 4.32. The lowest BCUT2D eigenvalue weighted by Crippen LogP contribution is -2.42. The van der Waals surface area contributed by atoms with Crippen molar-refractivity contribution in [3.8, 4) is 11.1 Å². The quantitative estimate of drug-likeness (QED) is 0.467. The topological polar surface area (TPSA) is 134 Å². The smallest absolute Gasteiger partial charge is 0.407 e. The van der Waals surface area contributed by atoms with Crippen LogP contribution >= 0.6 is 0 Å². The van der Waals surface area contributed by atoms with Gasteiger partial charge in [0.15, 0.2) is 0 Å². The molecule has 0 aromatic heterocycles. The Balaban J connectivity index is 1.51. The highest BCUT2D eigenvalue weighted by atomic mass is 16.5. The minimum Gasteiger partial charge on any atom is -0.480 e. The molecule has 0 saturated carbocycles. The largest absolute Gasteiger partial charge is 0.480 e. The van der Waals surface area contributed by atoms with Crippen molar-refractivity contribution < 1.29 is 29.0 Å². The zero-order chi connectivity index (χ0) is 23.1. The number of aliphatic carboxylic acids is 1. The van der Waals surface area contributed by atoms with Gasteiger partial charge in [-0.2, -0.15) is 0 Å². The van der Waals surface area contributed by atoms with Crippen LogP contribution in [0.1, 0.15) is 36.8 Å². The minimum atomic E-state index is -1.20. The third-order valence-corrected chi connectivity index (χ3v) is 5.18. The summed E-state index contributed by atoms with van der Waals surface area (Å²) in [5.74, 6) is -1.82. The highest BCUT2D eigenvalue weighted by Crippen LogP contribution is 2.44. The van der Waals surface area contributed by atoms with Gasteiger partial charge >= 0.3 is 18.1 Å². The van der Waals surface area contributed by atoms with Crippen molar-refractivity contribution in [2.24, 2.45) is 0 Å². The number of fused-ring (bicyclic) bond motifs is 3. The second kappa shape index (κ2) is 10.4. The average Bonchev–Trinajstić information content (AvgIpc) is 3.07. The summed E-state index contributed by atoms with van der Waals surface area (Å²) >= 11 is 0. The first-order chi connectivity index (χ1) is 15.4. The molecule has 32 heavy (non-hydrogen) atoms. The van der Waals surface area contributed by atoms with Gasteiger partial charge in [0, 0.05) is 19.4 Å². The van der Waals surface area contributed by atoms with E-state index in [9.17, 15) is 24.3 Å². The molecule has 0 unspecified atom stereocenters. The van der Waals surface area contributed by atoms with Gasteiger partial charge in [0.1, 0.15) is 12.6 Å². The number of benzene rings is 2. The van der Waals surface area contributed by atoms with Crippen LogP contribution in [0, 0.1) is 0 Å². The van der Waals surface area contributed by atoms with E-state index < -0.39 is 30.0 Å². The highest BCUT2D eigenvalue weighted by Gasteiger charge is 2.29. The first-order valence-electron chi connectivity index (χ1n) is 10.3. The van der Waals surface area contributed by atoms with E-state index in [1.807, 2.05) is 53.8 Å². The zero-order valence-corrected chi connectivity index (χ0v) is 17.6. The molecule has 4 N–H and O–H groups in total. The van der Waals surface area contributed by atoms with Gasteiger partial charge in [-0.3, -0.25) is 10.1 Å². The average molecular weight is 439 g/mol. The standard InChI is InChI=1S/C23H25N3O6/c1-14(27)25-22(30)24-12-6-11-20(21(28)29)26-23(31)32-13-19-17-9-4-2-7-15(17)16-8-3-5-10-18(16)19/h2-5,7-10,19-20H,6,11-13H2,1H3,(H,26,31)(H,28,29)(H2,24,25,27,30)/t20-/m1/s1. The van der Waals surface area contributed by atoms with Crippen LogP contribution in [-0.2, 0) is 14.3 Å². The lowest BCUT2D eigenvalue weighted by atomic mass is 9.98. The van der Waals surface area contributed by atoms with Crippen molar-refractivity contribution in [1.82, 2.24) is 16.0 Å². The van der Waals surface area contributed by atoms with Gasteiger partial charge in [-0.05, 0) is 35.1 Å². The molecule has 0 saturated heterocycles. The molecule has 2 aromatic carbocycles. The Morgan fingerprint density at radius 1 is 1.00 bits per heavy atom. The number of carbonyl (C=O) groups excluding carboxylic acids is 3. The summed E-state index contributed by atoms with van der Waals surface area (Å²) in [6, 6.07) is 14.0. The molecular formula is C23H25N3O6. The van der Waals surface area contributed by atoms with E-state index in [-0.39, 0.29) is 31.9 Å². The number of carboxylic acid groups (broad SMARTS) is 1. The van der Waals surface area contributed by atoms with E-state index in [4.69, 9.17) is 4.74 Å². The highest BCUT2D eigenvalue weighted by molar-refractivity contribution is 5.92. The predicted octanol–water partition coefficient (Wildman–Crippen LogP) is 2.60. The molecule has 0 heterocycles. The SMILES string of the molecule is CC(=O)NC(=O)NCCC[C@@H](NC(=O)OCC1c2ccccc2-c2ccccc21)C(=O)O. The Kier molecular flexibility index (Phi) is 7.43. The first-order valence-corrected chi connectivity index (χ1v) is 10.3. The molecule has 0 fully saturated rings. The van der Waals surface area contributed by atoms with E-state index >= 15 is 0 Å². The Morgan fingerprint density at radius 2 is 1.59 bits per heavy atom. The number of hydrogen-bond acceptors (Lipinski definition) is 5. The Morgan fingerprint density at radius 3 is 2.16 bits per heavy atom. The molecule has 0 aliphatic heterocycles. The number of ether oxygens (including phenoxy) is 1. The maximum absolute atomic E-state index is 12.3. The van der Waals surface area contributed by atoms with Crippen molar-refractivity contribution in [3.05, 3.63) is 59.7 Å². The van der Waals surface area contributed by atoms with Crippen molar-refractivity contribution in [3.63, 3.8) is 0 Å². The van der Waals surface area contributed by atoms with Gasteiger partial charge in [0.2, 0.25) is 5.91 Å². The Labute approximate surface area is 185 Å². The van der Waals surface area contributed by atoms with Crippen LogP contribution in [0.2, 0.25) is 0 Å². The lowest BCUT2D eigenvalue weighted by molar-refractivity contribution is -0.139. The van der Waals surface area contributed by atoms with Gasteiger partial charge < -0.3 is 20.5 Å². The van der Waals surface area contributed by atoms with Gasteiger partial charge in [0.25, 0.3) is 0 Å². The number of alkyl carbamates (subject to hydrolysis) is 1. The number of amides is 4. The summed E-state index contributed by atoms with van der Waals surface area (Å²) in [6.45, 7) is 1.44. The van der Waals surface area contributed by atoms with Crippen molar-refractivity contribution in [2.45, 2.75) is 31.7 Å². The lowest BCUT2D eigenvalue weighted by Gasteiger charge is -2.17. The van der Waals surface area contributed by atoms with Gasteiger partial charge in [0.05, 0.1) is 0 Å². The maximum Gasteiger partial charge on any atom is 0.407 e. The molecule has 0 spiro atoms. The number of carboxylic acids is 1. The molecule has 4 amide bonds. The van der Waals surface area contributed by atoms with E-state index in [2.05, 4.69) is 10.6 Å². The van der Waals surface area contributed by atoms with E-state index in [0.717, 1.165) is 22.3 Å². The molecule has 1 atom stereocenters. The number of urea groups is 1. The molecular weight excluding hydrogens is 414 g/mol. The summed E-state index contributed by atoms with van der Waals surface area (Å²) in [7, 11) is 0. The second-order valence-electron chi connectivity index (χ2n) is 7.44. The third kappa shape index (κ3) is 5.63. The van der Waals surface area contributed by atoms with Gasteiger partial charge in [-0.25, -0.2) is 14.4 Å². The third-order valence-electron chi connectivity index (χ3n) is 5.18. The summed E-state index contributed by atoms with van der Waals surface area (Å²) < 4.78 is 5.38. The van der Waals surface area contributed by atoms with Crippen molar-refractivity contribution in [2.75, 3.05) is 13.2 Å². The second-order valence-corrected chi connectivity index (χ2v) is 7.44. The normalized spacial score (nSPS) is 12.8. The van der Waals surface area contributed by atoms with Crippen molar-refractivity contribution in [1.29, 1.82) is 0 Å². The molecule has 9 heteroatoms. The molecule has 0 bridgehead atoms. The number of imide groups is 1. The zero-order valence-electron chi connectivity index (χ0n) is 17.6. The predicted molar refractivity (Wildman–Crippen MR) is 116 cm³/mol. The van der Waals surface area contributed by atoms with Crippen LogP contribution in [0.25, 0.3) is 11.1 Å². The molecule has 3 rings (SSSR count). The number of carbonyl (C=O) groups is 4. The first kappa shape index (κ1) is 22.8. The molecule has 168 valence electrons. The molecule has 1 aliphatic rings.